The quantitative estimate of drug-likeness (QED) is 0.498. The van der Waals surface area contributed by atoms with Crippen LogP contribution in [0.5, 0.6) is 0 Å². The summed E-state index contributed by atoms with van der Waals surface area (Å²) >= 11 is 0. The summed E-state index contributed by atoms with van der Waals surface area (Å²) in [6, 6.07) is 1.54. The number of β-amino-alcohol motifs (C(OH)–C–C–N with tert-alkyl or cyclic N) is 1. The Morgan fingerprint density at radius 3 is 2.81 bits per heavy atom. The second kappa shape index (κ2) is 8.26. The number of piperidine rings is 1. The zero-order chi connectivity index (χ0) is 22.3. The lowest BCUT2D eigenvalue weighted by Gasteiger charge is -2.34. The van der Waals surface area contributed by atoms with Gasteiger partial charge < -0.3 is 20.3 Å². The van der Waals surface area contributed by atoms with Crippen LogP contribution < -0.4 is 14.5 Å². The number of nitrogens with one attached hydrogen (secondary N) is 2. The predicted molar refractivity (Wildman–Crippen MR) is 121 cm³/mol. The lowest BCUT2D eigenvalue weighted by molar-refractivity contribution is 0.198. The average Bonchev–Trinajstić information content (AvgIpc) is 3.42. The Morgan fingerprint density at radius 1 is 1.22 bits per heavy atom. The molecule has 2 aliphatic rings. The van der Waals surface area contributed by atoms with E-state index in [4.69, 9.17) is 4.98 Å². The third-order valence-corrected chi connectivity index (χ3v) is 7.09. The summed E-state index contributed by atoms with van der Waals surface area (Å²) in [4.78, 5) is 23.2. The van der Waals surface area contributed by atoms with E-state index in [0.29, 0.717) is 54.4 Å². The summed E-state index contributed by atoms with van der Waals surface area (Å²) < 4.78 is 27.4. The Hall–Kier alpha value is -2.83. The first-order valence-electron chi connectivity index (χ1n) is 10.7. The SMILES string of the molecule is CS(=O)(=O)N(c1nc(N2CCC(O)C2)ncc1-c1cnc2[nH]ccc2n1)C1CCCNC1. The van der Waals surface area contributed by atoms with E-state index in [9.17, 15) is 13.5 Å². The fraction of sp³-hybridized carbons (Fsp3) is 0.500. The lowest BCUT2D eigenvalue weighted by Crippen LogP contribution is -2.49. The molecule has 3 N–H and O–H groups in total. The van der Waals surface area contributed by atoms with E-state index in [1.807, 2.05) is 11.0 Å². The van der Waals surface area contributed by atoms with Gasteiger partial charge in [-0.3, -0.25) is 0 Å². The maximum atomic E-state index is 13.0. The molecule has 0 bridgehead atoms. The van der Waals surface area contributed by atoms with Crippen LogP contribution in [0, 0.1) is 0 Å². The number of aliphatic hydroxyl groups is 1. The molecule has 3 aromatic heterocycles. The van der Waals surface area contributed by atoms with Crippen LogP contribution in [0.4, 0.5) is 11.8 Å². The van der Waals surface area contributed by atoms with Crippen molar-refractivity contribution in [3.63, 3.8) is 0 Å². The van der Waals surface area contributed by atoms with Crippen LogP contribution in [0.25, 0.3) is 22.4 Å². The first-order valence-corrected chi connectivity index (χ1v) is 12.6. The van der Waals surface area contributed by atoms with Crippen LogP contribution in [0.1, 0.15) is 19.3 Å². The van der Waals surface area contributed by atoms with Gasteiger partial charge in [-0.1, -0.05) is 0 Å². The number of rotatable bonds is 5. The van der Waals surface area contributed by atoms with Crippen LogP contribution in [0.3, 0.4) is 0 Å². The number of H-pyrrole nitrogens is 1. The minimum atomic E-state index is -3.65. The van der Waals surface area contributed by atoms with E-state index in [1.54, 1.807) is 18.6 Å². The van der Waals surface area contributed by atoms with Crippen LogP contribution in [0.15, 0.2) is 24.7 Å². The van der Waals surface area contributed by atoms with E-state index < -0.39 is 16.1 Å². The number of hydrogen-bond acceptors (Lipinski definition) is 9. The highest BCUT2D eigenvalue weighted by Gasteiger charge is 2.33. The number of aliphatic hydroxyl groups excluding tert-OH is 1. The smallest absolute Gasteiger partial charge is 0.233 e. The molecule has 2 aliphatic heterocycles. The Bertz CT molecular complexity index is 1220. The molecule has 0 spiro atoms. The van der Waals surface area contributed by atoms with E-state index in [1.165, 1.54) is 10.6 Å². The molecule has 0 amide bonds. The highest BCUT2D eigenvalue weighted by atomic mass is 32.2. The fourth-order valence-electron chi connectivity index (χ4n) is 4.38. The topological polar surface area (TPSA) is 140 Å². The van der Waals surface area contributed by atoms with Crippen molar-refractivity contribution < 1.29 is 13.5 Å². The maximum Gasteiger partial charge on any atom is 0.233 e. The third-order valence-electron chi connectivity index (χ3n) is 5.91. The molecule has 32 heavy (non-hydrogen) atoms. The van der Waals surface area contributed by atoms with Crippen molar-refractivity contribution >= 4 is 33.0 Å². The molecular weight excluding hydrogens is 432 g/mol. The van der Waals surface area contributed by atoms with Crippen molar-refractivity contribution in [2.24, 2.45) is 0 Å². The maximum absolute atomic E-state index is 13.0. The highest BCUT2D eigenvalue weighted by Crippen LogP contribution is 2.34. The van der Waals surface area contributed by atoms with Crippen LogP contribution >= 0.6 is 0 Å². The van der Waals surface area contributed by atoms with Gasteiger partial charge in [-0.05, 0) is 31.9 Å². The summed E-state index contributed by atoms with van der Waals surface area (Å²) in [5, 5.41) is 13.2. The van der Waals surface area contributed by atoms with Gasteiger partial charge >= 0.3 is 0 Å². The monoisotopic (exact) mass is 458 g/mol. The first kappa shape index (κ1) is 21.0. The summed E-state index contributed by atoms with van der Waals surface area (Å²) in [5.41, 5.74) is 2.32. The molecule has 11 nitrogen and oxygen atoms in total. The molecule has 0 saturated carbocycles. The van der Waals surface area contributed by atoms with E-state index in [-0.39, 0.29) is 11.9 Å². The Morgan fingerprint density at radius 2 is 2.09 bits per heavy atom. The van der Waals surface area contributed by atoms with Crippen LogP contribution in [-0.2, 0) is 10.0 Å². The van der Waals surface area contributed by atoms with Crippen molar-refractivity contribution in [1.82, 2.24) is 30.2 Å². The van der Waals surface area contributed by atoms with Crippen molar-refractivity contribution in [3.8, 4) is 11.3 Å². The average molecular weight is 459 g/mol. The summed E-state index contributed by atoms with van der Waals surface area (Å²) in [5.74, 6) is 0.685. The summed E-state index contributed by atoms with van der Waals surface area (Å²) in [6.45, 7) is 2.42. The fourth-order valence-corrected chi connectivity index (χ4v) is 5.56. The Balaban J connectivity index is 1.66. The molecule has 3 aromatic rings. The minimum Gasteiger partial charge on any atom is -0.391 e. The Labute approximate surface area is 186 Å². The lowest BCUT2D eigenvalue weighted by atomic mass is 10.1. The molecule has 2 fully saturated rings. The van der Waals surface area contributed by atoms with Gasteiger partial charge in [0.1, 0.15) is 5.52 Å². The zero-order valence-corrected chi connectivity index (χ0v) is 18.6. The van der Waals surface area contributed by atoms with Crippen molar-refractivity contribution in [1.29, 1.82) is 0 Å². The molecule has 0 aliphatic carbocycles. The van der Waals surface area contributed by atoms with Crippen LogP contribution in [0.2, 0.25) is 0 Å². The van der Waals surface area contributed by atoms with Crippen LogP contribution in [-0.4, -0.2) is 83.0 Å². The van der Waals surface area contributed by atoms with Gasteiger partial charge in [0.25, 0.3) is 0 Å². The van der Waals surface area contributed by atoms with Crippen molar-refractivity contribution in [3.05, 3.63) is 24.7 Å². The molecule has 5 rings (SSSR count). The zero-order valence-electron chi connectivity index (χ0n) is 17.8. The molecule has 170 valence electrons. The van der Waals surface area contributed by atoms with Gasteiger partial charge in [0, 0.05) is 32.0 Å². The van der Waals surface area contributed by atoms with Gasteiger partial charge in [0.2, 0.25) is 16.0 Å². The summed E-state index contributed by atoms with van der Waals surface area (Å²) in [7, 11) is -3.65. The van der Waals surface area contributed by atoms with Crippen molar-refractivity contribution in [2.75, 3.05) is 41.6 Å². The van der Waals surface area contributed by atoms with Gasteiger partial charge in [0.05, 0.1) is 35.9 Å². The van der Waals surface area contributed by atoms with Gasteiger partial charge in [0.15, 0.2) is 11.5 Å². The first-order chi connectivity index (χ1) is 15.4. The molecule has 12 heteroatoms. The van der Waals surface area contributed by atoms with Gasteiger partial charge in [-0.15, -0.1) is 0 Å². The number of sulfonamides is 1. The molecule has 5 heterocycles. The van der Waals surface area contributed by atoms with Crippen molar-refractivity contribution in [2.45, 2.75) is 31.4 Å². The highest BCUT2D eigenvalue weighted by molar-refractivity contribution is 7.92. The normalized spacial score (nSPS) is 21.9. The van der Waals surface area contributed by atoms with E-state index in [0.717, 1.165) is 19.4 Å². The molecule has 2 atom stereocenters. The number of aromatic amines is 1. The number of fused-ring (bicyclic) bond motifs is 1. The summed E-state index contributed by atoms with van der Waals surface area (Å²) in [6.07, 6.45) is 7.94. The Kier molecular flexibility index (Phi) is 5.43. The molecule has 2 unspecified atom stereocenters. The molecular formula is C20H26N8O3S. The van der Waals surface area contributed by atoms with Gasteiger partial charge in [-0.25, -0.2) is 27.7 Å². The van der Waals surface area contributed by atoms with Gasteiger partial charge in [-0.2, -0.15) is 4.98 Å². The predicted octanol–water partition coefficient (Wildman–Crippen LogP) is 0.504. The molecule has 0 radical (unpaired) electrons. The van der Waals surface area contributed by atoms with E-state index >= 15 is 0 Å². The second-order valence-electron chi connectivity index (χ2n) is 8.32. The third kappa shape index (κ3) is 4.00. The number of hydrogen-bond donors (Lipinski definition) is 3. The number of nitrogens with zero attached hydrogens (tertiary/aromatic N) is 6. The molecule has 2 saturated heterocycles. The number of aromatic nitrogens is 5. The minimum absolute atomic E-state index is 0.270. The number of anilines is 2. The molecule has 0 aromatic carbocycles. The standard InChI is InChI=1S/C20H26N8O3S/c1-32(30,31)28(13-3-2-6-21-9-13)19-15(17-11-23-18-16(25-17)4-7-22-18)10-24-20(26-19)27-8-5-14(29)12-27/h4,7,10-11,13-14,21,29H,2-3,5-6,8-9,12H2,1H3,(H,22,23). The van der Waals surface area contributed by atoms with E-state index in [2.05, 4.69) is 25.3 Å². The second-order valence-corrected chi connectivity index (χ2v) is 10.2. The largest absolute Gasteiger partial charge is 0.391 e.